The Labute approximate surface area is 200 Å². The van der Waals surface area contributed by atoms with E-state index in [0.717, 1.165) is 22.6 Å². The number of carbonyl (C=O) groups excluding carboxylic acids is 2. The summed E-state index contributed by atoms with van der Waals surface area (Å²) >= 11 is 12.6. The van der Waals surface area contributed by atoms with Crippen LogP contribution in [0.1, 0.15) is 26.3 Å². The predicted octanol–water partition coefficient (Wildman–Crippen LogP) is 5.89. The average Bonchev–Trinajstić information content (AvgIpc) is 3.30. The van der Waals surface area contributed by atoms with Crippen LogP contribution in [0.2, 0.25) is 10.0 Å². The van der Waals surface area contributed by atoms with Crippen LogP contribution >= 0.6 is 23.2 Å². The number of benzene rings is 3. The maximum absolute atomic E-state index is 13.4. The molecule has 2 amide bonds. The van der Waals surface area contributed by atoms with Crippen LogP contribution in [0.5, 0.6) is 0 Å². The maximum atomic E-state index is 13.4. The molecule has 2 heterocycles. The van der Waals surface area contributed by atoms with E-state index < -0.39 is 0 Å². The molecule has 0 aliphatic carbocycles. The fourth-order valence-corrected chi connectivity index (χ4v) is 4.20. The van der Waals surface area contributed by atoms with Crippen molar-refractivity contribution in [1.29, 1.82) is 0 Å². The molecule has 3 aromatic carbocycles. The van der Waals surface area contributed by atoms with Gasteiger partial charge in [0, 0.05) is 18.0 Å². The Bertz CT molecular complexity index is 1370. The van der Waals surface area contributed by atoms with Crippen LogP contribution in [0.15, 0.2) is 84.8 Å². The Kier molecular flexibility index (Phi) is 5.32. The number of amides is 2. The highest BCUT2D eigenvalue weighted by molar-refractivity contribution is 6.36. The van der Waals surface area contributed by atoms with E-state index in [-0.39, 0.29) is 16.8 Å². The Morgan fingerprint density at radius 1 is 0.939 bits per heavy atom. The van der Waals surface area contributed by atoms with Crippen molar-refractivity contribution in [3.8, 4) is 0 Å². The van der Waals surface area contributed by atoms with Gasteiger partial charge in [0.15, 0.2) is 0 Å². The Hall–Kier alpha value is -3.74. The van der Waals surface area contributed by atoms with Crippen molar-refractivity contribution in [2.75, 3.05) is 15.2 Å². The molecule has 2 N–H and O–H groups in total. The van der Waals surface area contributed by atoms with Gasteiger partial charge in [-0.25, -0.2) is 0 Å². The summed E-state index contributed by atoms with van der Waals surface area (Å²) in [5.74, 6) is -0.614. The smallest absolute Gasteiger partial charge is 0.262 e. The topological polar surface area (TPSA) is 64.7 Å². The molecule has 8 heteroatoms. The summed E-state index contributed by atoms with van der Waals surface area (Å²) in [6, 6.07) is 17.6. The van der Waals surface area contributed by atoms with E-state index in [2.05, 4.69) is 10.7 Å². The molecule has 0 fully saturated rings. The van der Waals surface area contributed by atoms with Crippen molar-refractivity contribution in [2.45, 2.75) is 6.92 Å². The third kappa shape index (κ3) is 3.84. The van der Waals surface area contributed by atoms with Gasteiger partial charge < -0.3 is 10.7 Å². The first kappa shape index (κ1) is 21.1. The van der Waals surface area contributed by atoms with E-state index >= 15 is 0 Å². The number of aryl methyl sites for hydroxylation is 1. The van der Waals surface area contributed by atoms with Crippen LogP contribution < -0.4 is 20.7 Å². The molecule has 0 radical (unpaired) electrons. The summed E-state index contributed by atoms with van der Waals surface area (Å²) < 4.78 is 0. The second kappa shape index (κ2) is 8.31. The molecule has 0 spiro atoms. The summed E-state index contributed by atoms with van der Waals surface area (Å²) in [6.45, 7) is 1.88. The number of hydrogen-bond acceptors (Lipinski definition) is 4. The number of anilines is 3. The van der Waals surface area contributed by atoms with E-state index in [9.17, 15) is 9.59 Å². The van der Waals surface area contributed by atoms with Crippen LogP contribution in [-0.2, 0) is 0 Å². The second-order valence-electron chi connectivity index (χ2n) is 7.65. The quantitative estimate of drug-likeness (QED) is 0.494. The van der Waals surface area contributed by atoms with Crippen molar-refractivity contribution >= 4 is 52.1 Å². The zero-order valence-electron chi connectivity index (χ0n) is 17.5. The van der Waals surface area contributed by atoms with Gasteiger partial charge in [0.2, 0.25) is 0 Å². The zero-order valence-corrected chi connectivity index (χ0v) is 19.0. The van der Waals surface area contributed by atoms with Crippen molar-refractivity contribution in [1.82, 2.24) is 5.43 Å². The van der Waals surface area contributed by atoms with Gasteiger partial charge in [-0.15, -0.1) is 0 Å². The number of nitrogens with zero attached hydrogens (tertiary/aromatic N) is 2. The number of para-hydroxylation sites is 2. The van der Waals surface area contributed by atoms with Gasteiger partial charge >= 0.3 is 0 Å². The second-order valence-corrected chi connectivity index (χ2v) is 8.46. The average molecular weight is 477 g/mol. The van der Waals surface area contributed by atoms with Crippen LogP contribution in [0.25, 0.3) is 0 Å². The molecule has 164 valence electrons. The molecule has 2 aliphatic rings. The maximum Gasteiger partial charge on any atom is 0.262 e. The Morgan fingerprint density at radius 2 is 1.73 bits per heavy atom. The van der Waals surface area contributed by atoms with Gasteiger partial charge in [-0.2, -0.15) is 0 Å². The van der Waals surface area contributed by atoms with Crippen molar-refractivity contribution in [3.63, 3.8) is 0 Å². The number of hydrogen-bond donors (Lipinski definition) is 2. The molecule has 0 atom stereocenters. The molecular formula is C25H18Cl2N4O2. The van der Waals surface area contributed by atoms with Crippen molar-refractivity contribution < 1.29 is 9.59 Å². The lowest BCUT2D eigenvalue weighted by molar-refractivity contribution is 0.0995. The molecule has 2 aliphatic heterocycles. The minimum Gasteiger partial charge on any atom is -0.321 e. The largest absolute Gasteiger partial charge is 0.321 e. The molecule has 0 saturated carbocycles. The number of hydrazine groups is 1. The first-order chi connectivity index (χ1) is 15.9. The minimum absolute atomic E-state index is 0.239. The monoisotopic (exact) mass is 476 g/mol. The van der Waals surface area contributed by atoms with E-state index in [1.54, 1.807) is 41.4 Å². The van der Waals surface area contributed by atoms with E-state index in [1.807, 2.05) is 54.5 Å². The molecule has 3 aromatic rings. The zero-order chi connectivity index (χ0) is 23.1. The normalized spacial score (nSPS) is 13.7. The lowest BCUT2D eigenvalue weighted by atomic mass is 10.1. The number of allylic oxidation sites excluding steroid dienone is 1. The molecular weight excluding hydrogens is 459 g/mol. The Balaban J connectivity index is 1.42. The van der Waals surface area contributed by atoms with E-state index in [0.29, 0.717) is 21.8 Å². The van der Waals surface area contributed by atoms with Crippen molar-refractivity contribution in [2.24, 2.45) is 0 Å². The van der Waals surface area contributed by atoms with Crippen LogP contribution in [0.3, 0.4) is 0 Å². The highest BCUT2D eigenvalue weighted by Gasteiger charge is 2.29. The highest BCUT2D eigenvalue weighted by Crippen LogP contribution is 2.38. The summed E-state index contributed by atoms with van der Waals surface area (Å²) in [5.41, 5.74) is 7.64. The van der Waals surface area contributed by atoms with E-state index in [1.165, 1.54) is 0 Å². The van der Waals surface area contributed by atoms with Gasteiger partial charge in [0.1, 0.15) is 0 Å². The highest BCUT2D eigenvalue weighted by atomic mass is 35.5. The molecule has 5 rings (SSSR count). The summed E-state index contributed by atoms with van der Waals surface area (Å²) in [4.78, 5) is 27.7. The summed E-state index contributed by atoms with van der Waals surface area (Å²) in [6.07, 6.45) is 5.47. The summed E-state index contributed by atoms with van der Waals surface area (Å²) in [5, 5.41) is 5.27. The minimum atomic E-state index is -0.375. The van der Waals surface area contributed by atoms with Gasteiger partial charge in [-0.1, -0.05) is 47.0 Å². The lowest BCUT2D eigenvalue weighted by Gasteiger charge is -2.33. The third-order valence-electron chi connectivity index (χ3n) is 5.41. The Morgan fingerprint density at radius 3 is 2.52 bits per heavy atom. The van der Waals surface area contributed by atoms with Gasteiger partial charge in [0.25, 0.3) is 11.8 Å². The first-order valence-electron chi connectivity index (χ1n) is 10.2. The molecule has 0 unspecified atom stereocenters. The number of rotatable bonds is 3. The number of nitrogens with one attached hydrogen (secondary N) is 2. The first-order valence-corrected chi connectivity index (χ1v) is 10.9. The van der Waals surface area contributed by atoms with Gasteiger partial charge in [0.05, 0.1) is 38.4 Å². The standard InChI is InChI=1S/C25H18Cl2N4O2/c1-15-6-8-19(26)18(12-15)24(32)29-21-9-7-16(13-20(21)27)25(33)30-14-17-10-11-28-31(17)23-5-3-2-4-22(23)30/h2-14,28H,1H3,(H,29,32). The third-order valence-corrected chi connectivity index (χ3v) is 6.05. The molecule has 0 bridgehead atoms. The number of halogens is 2. The molecule has 0 aromatic heterocycles. The fourth-order valence-electron chi connectivity index (χ4n) is 3.77. The fraction of sp³-hybridized carbons (Fsp3) is 0.0400. The van der Waals surface area contributed by atoms with Gasteiger partial charge in [-0.3, -0.25) is 19.5 Å². The van der Waals surface area contributed by atoms with Crippen LogP contribution in [-0.4, -0.2) is 11.8 Å². The molecule has 6 nitrogen and oxygen atoms in total. The lowest BCUT2D eigenvalue weighted by Crippen LogP contribution is -2.37. The van der Waals surface area contributed by atoms with Crippen molar-refractivity contribution in [3.05, 3.63) is 112 Å². The SMILES string of the molecule is Cc1ccc(Cl)c(C(=O)Nc2ccc(C(=O)N3C=C4C=CNN4c4ccccc43)cc2Cl)c1. The van der Waals surface area contributed by atoms with Crippen LogP contribution in [0, 0.1) is 6.92 Å². The molecule has 33 heavy (non-hydrogen) atoms. The van der Waals surface area contributed by atoms with Gasteiger partial charge in [-0.05, 0) is 55.5 Å². The number of carbonyl (C=O) groups is 2. The van der Waals surface area contributed by atoms with Crippen LogP contribution in [0.4, 0.5) is 17.1 Å². The van der Waals surface area contributed by atoms with E-state index in [4.69, 9.17) is 23.2 Å². The number of fused-ring (bicyclic) bond motifs is 3. The molecule has 0 saturated heterocycles. The summed E-state index contributed by atoms with van der Waals surface area (Å²) in [7, 11) is 0. The predicted molar refractivity (Wildman–Crippen MR) is 132 cm³/mol.